The predicted octanol–water partition coefficient (Wildman–Crippen LogP) is 0.198. The molecule has 1 amide bonds. The highest BCUT2D eigenvalue weighted by atomic mass is 35.5. The number of carbonyl (C=O) groups excluding carboxylic acids is 1. The monoisotopic (exact) mass is 141 g/mol. The molecule has 0 aromatic heterocycles. The van der Waals surface area contributed by atoms with E-state index in [-0.39, 0.29) is 6.61 Å². The first kappa shape index (κ1) is 7.65. The van der Waals surface area contributed by atoms with Gasteiger partial charge >= 0.3 is 0 Å². The fourth-order valence-electron chi connectivity index (χ4n) is 0.145. The van der Waals surface area contributed by atoms with Crippen molar-refractivity contribution >= 4 is 18.0 Å². The van der Waals surface area contributed by atoms with Crippen molar-refractivity contribution in [1.82, 2.24) is 5.48 Å². The molecule has 0 aliphatic rings. The van der Waals surface area contributed by atoms with Crippen molar-refractivity contribution in [2.24, 2.45) is 0 Å². The Morgan fingerprint density at radius 2 is 2.62 bits per heavy atom. The van der Waals surface area contributed by atoms with Crippen LogP contribution >= 0.6 is 11.6 Å². The van der Waals surface area contributed by atoms with Crippen LogP contribution in [-0.4, -0.2) is 18.6 Å². The molecule has 0 aliphatic heterocycles. The lowest BCUT2D eigenvalue weighted by Gasteiger charge is -1.97. The quantitative estimate of drug-likeness (QED) is 0.263. The number of rotatable bonds is 4. The third-order valence-electron chi connectivity index (χ3n) is 0.341. The summed E-state index contributed by atoms with van der Waals surface area (Å²) in [6.45, 7) is -0.333. The molecule has 1 atom stereocenters. The lowest BCUT2D eigenvalue weighted by molar-refractivity contribution is -0.121. The molecule has 0 spiro atoms. The molecule has 8 heavy (non-hydrogen) atoms. The number of alkyl halides is 2. The molecule has 0 aromatic rings. The Labute approximate surface area is 50.7 Å². The maximum Gasteiger partial charge on any atom is 0.230 e. The summed E-state index contributed by atoms with van der Waals surface area (Å²) in [5.41, 5.74) is 0.207. The van der Waals surface area contributed by atoms with E-state index in [9.17, 15) is 9.18 Å². The number of hydroxylamine groups is 1. The van der Waals surface area contributed by atoms with Crippen LogP contribution in [0.15, 0.2) is 0 Å². The van der Waals surface area contributed by atoms with Crippen molar-refractivity contribution in [1.29, 1.82) is 0 Å². The molecule has 0 fully saturated rings. The number of halogens is 2. The van der Waals surface area contributed by atoms with Crippen molar-refractivity contribution in [3.63, 3.8) is 0 Å². The lowest BCUT2D eigenvalue weighted by atomic mass is 10.8. The van der Waals surface area contributed by atoms with Crippen molar-refractivity contribution in [3.8, 4) is 0 Å². The second-order valence-corrected chi connectivity index (χ2v) is 1.41. The van der Waals surface area contributed by atoms with Gasteiger partial charge in [0, 0.05) is 0 Å². The van der Waals surface area contributed by atoms with Crippen LogP contribution in [0.5, 0.6) is 0 Å². The van der Waals surface area contributed by atoms with Crippen molar-refractivity contribution in [2.45, 2.75) is 5.63 Å². The second kappa shape index (κ2) is 4.80. The van der Waals surface area contributed by atoms with Crippen LogP contribution in [0, 0.1) is 0 Å². The third kappa shape index (κ3) is 5.65. The Morgan fingerprint density at radius 3 is 3.00 bits per heavy atom. The van der Waals surface area contributed by atoms with Crippen molar-refractivity contribution < 1.29 is 14.0 Å². The molecule has 48 valence electrons. The van der Waals surface area contributed by atoms with E-state index in [2.05, 4.69) is 4.84 Å². The van der Waals surface area contributed by atoms with Crippen molar-refractivity contribution in [3.05, 3.63) is 0 Å². The first-order valence-electron chi connectivity index (χ1n) is 1.86. The first-order valence-corrected chi connectivity index (χ1v) is 2.30. The van der Waals surface area contributed by atoms with Crippen LogP contribution in [-0.2, 0) is 9.63 Å². The zero-order valence-corrected chi connectivity index (χ0v) is 4.69. The van der Waals surface area contributed by atoms with Crippen LogP contribution in [0.2, 0.25) is 0 Å². The van der Waals surface area contributed by atoms with Crippen LogP contribution in [0.1, 0.15) is 0 Å². The molecular formula is C3H5ClFNO2. The van der Waals surface area contributed by atoms with Crippen LogP contribution < -0.4 is 5.48 Å². The minimum absolute atomic E-state index is 0.291. The van der Waals surface area contributed by atoms with E-state index in [1.165, 1.54) is 0 Å². The summed E-state index contributed by atoms with van der Waals surface area (Å²) in [5.74, 6) is 0. The summed E-state index contributed by atoms with van der Waals surface area (Å²) < 4.78 is 11.5. The lowest BCUT2D eigenvalue weighted by Crippen LogP contribution is -2.16. The average molecular weight is 142 g/mol. The van der Waals surface area contributed by atoms with Gasteiger partial charge in [-0.15, -0.1) is 0 Å². The Morgan fingerprint density at radius 1 is 2.00 bits per heavy atom. The smallest absolute Gasteiger partial charge is 0.230 e. The summed E-state index contributed by atoms with van der Waals surface area (Å²) >= 11 is 4.77. The molecule has 1 N–H and O–H groups in total. The van der Waals surface area contributed by atoms with Crippen LogP contribution in [0.3, 0.4) is 0 Å². The zero-order valence-electron chi connectivity index (χ0n) is 3.93. The molecule has 0 aliphatic carbocycles. The summed E-state index contributed by atoms with van der Waals surface area (Å²) in [7, 11) is 0. The minimum Gasteiger partial charge on any atom is -0.277 e. The van der Waals surface area contributed by atoms with Gasteiger partial charge in [0.05, 0.1) is 0 Å². The van der Waals surface area contributed by atoms with E-state index in [1.54, 1.807) is 5.48 Å². The van der Waals surface area contributed by atoms with E-state index in [0.29, 0.717) is 6.41 Å². The fraction of sp³-hybridized carbons (Fsp3) is 0.667. The van der Waals surface area contributed by atoms with Gasteiger partial charge < -0.3 is 0 Å². The highest BCUT2D eigenvalue weighted by molar-refractivity contribution is 6.19. The number of hydrogen-bond donors (Lipinski definition) is 1. The maximum atomic E-state index is 11.5. The van der Waals surface area contributed by atoms with Gasteiger partial charge in [0.15, 0.2) is 5.63 Å². The minimum atomic E-state index is -1.57. The SMILES string of the molecule is O=CNOCC(F)Cl. The summed E-state index contributed by atoms with van der Waals surface area (Å²) in [6.07, 6.45) is 0.291. The number of hydrogen-bond acceptors (Lipinski definition) is 2. The summed E-state index contributed by atoms with van der Waals surface area (Å²) in [4.78, 5) is 13.5. The predicted molar refractivity (Wildman–Crippen MR) is 25.9 cm³/mol. The van der Waals surface area contributed by atoms with E-state index in [4.69, 9.17) is 11.6 Å². The van der Waals surface area contributed by atoms with E-state index in [0.717, 1.165) is 0 Å². The van der Waals surface area contributed by atoms with E-state index in [1.807, 2.05) is 0 Å². The number of carbonyl (C=O) groups is 1. The first-order chi connectivity index (χ1) is 3.77. The second-order valence-electron chi connectivity index (χ2n) is 0.938. The molecular weight excluding hydrogens is 136 g/mol. The summed E-state index contributed by atoms with van der Waals surface area (Å²) in [6, 6.07) is 0. The molecule has 0 saturated carbocycles. The molecule has 0 bridgehead atoms. The van der Waals surface area contributed by atoms with Gasteiger partial charge in [0.25, 0.3) is 0 Å². The van der Waals surface area contributed by atoms with Crippen molar-refractivity contribution in [2.75, 3.05) is 6.61 Å². The molecule has 0 heterocycles. The molecule has 0 saturated heterocycles. The van der Waals surface area contributed by atoms with Gasteiger partial charge in [-0.05, 0) is 0 Å². The molecule has 1 unspecified atom stereocenters. The van der Waals surface area contributed by atoms with Gasteiger partial charge in [-0.3, -0.25) is 9.63 Å². The molecule has 0 radical (unpaired) electrons. The van der Waals surface area contributed by atoms with E-state index >= 15 is 0 Å². The number of amides is 1. The van der Waals surface area contributed by atoms with Crippen LogP contribution in [0.4, 0.5) is 4.39 Å². The van der Waals surface area contributed by atoms with Gasteiger partial charge in [-0.1, -0.05) is 11.6 Å². The Balaban J connectivity index is 2.81. The van der Waals surface area contributed by atoms with Crippen LogP contribution in [0.25, 0.3) is 0 Å². The average Bonchev–Trinajstić information content (AvgIpc) is 1.66. The Bertz CT molecular complexity index is 70.3. The molecule has 0 aromatic carbocycles. The zero-order chi connectivity index (χ0) is 6.41. The third-order valence-corrected chi connectivity index (χ3v) is 0.467. The van der Waals surface area contributed by atoms with Gasteiger partial charge in [0.2, 0.25) is 6.41 Å². The molecule has 0 rings (SSSR count). The van der Waals surface area contributed by atoms with Gasteiger partial charge in [-0.2, -0.15) is 0 Å². The van der Waals surface area contributed by atoms with Gasteiger partial charge in [-0.25, -0.2) is 9.87 Å². The molecule has 3 nitrogen and oxygen atoms in total. The topological polar surface area (TPSA) is 38.3 Å². The number of nitrogens with one attached hydrogen (secondary N) is 1. The largest absolute Gasteiger partial charge is 0.277 e. The highest BCUT2D eigenvalue weighted by Crippen LogP contribution is 1.94. The Kier molecular flexibility index (Phi) is 4.59. The summed E-state index contributed by atoms with van der Waals surface area (Å²) in [5, 5.41) is 0. The fourth-order valence-corrected chi connectivity index (χ4v) is 0.208. The van der Waals surface area contributed by atoms with Gasteiger partial charge in [0.1, 0.15) is 6.61 Å². The normalized spacial score (nSPS) is 12.8. The Hall–Kier alpha value is -0.350. The maximum absolute atomic E-state index is 11.5. The standard InChI is InChI=1S/C3H5ClFNO2/c4-3(5)1-8-6-2-7/h2-3H,1H2,(H,6,7). The van der Waals surface area contributed by atoms with E-state index < -0.39 is 5.63 Å². The highest BCUT2D eigenvalue weighted by Gasteiger charge is 1.97. The molecule has 5 heteroatoms.